The molecule has 1 aromatic carbocycles. The summed E-state index contributed by atoms with van der Waals surface area (Å²) >= 11 is 0. The largest absolute Gasteiger partial charge is 0.393 e. The Morgan fingerprint density at radius 2 is 1.97 bits per heavy atom. The standard InChI is InChI=1S/C25H37NO4/c1-2-26-25(30)13-9-4-3-8-12-21-22(24(29)18-23(21)28)17-16-20(27)15-14-19-10-6-5-7-11-19/h3,5-8,10-11,16-17,20-24,27-29H,2,4,9,12-15,18H2,1H3,(H,26,30)/b8-3-,17-16+/t20-,21+,22+,23-,24?/m0/s1. The lowest BCUT2D eigenvalue weighted by Crippen LogP contribution is -2.21. The second-order valence-electron chi connectivity index (χ2n) is 8.14. The van der Waals surface area contributed by atoms with Gasteiger partial charge in [0.05, 0.1) is 18.3 Å². The zero-order valence-electron chi connectivity index (χ0n) is 18.0. The smallest absolute Gasteiger partial charge is 0.219 e. The third kappa shape index (κ3) is 8.42. The molecule has 1 aliphatic carbocycles. The van der Waals surface area contributed by atoms with Crippen LogP contribution in [0.25, 0.3) is 0 Å². The van der Waals surface area contributed by atoms with Crippen molar-refractivity contribution in [2.75, 3.05) is 6.54 Å². The fraction of sp³-hybridized carbons (Fsp3) is 0.560. The molecule has 4 N–H and O–H groups in total. The average molecular weight is 416 g/mol. The molecule has 5 nitrogen and oxygen atoms in total. The van der Waals surface area contributed by atoms with Crippen molar-refractivity contribution in [3.05, 3.63) is 60.2 Å². The number of benzene rings is 1. The molecule has 1 fully saturated rings. The van der Waals surface area contributed by atoms with E-state index in [9.17, 15) is 20.1 Å². The minimum Gasteiger partial charge on any atom is -0.393 e. The summed E-state index contributed by atoms with van der Waals surface area (Å²) in [5.74, 6) is -0.139. The maximum atomic E-state index is 11.4. The van der Waals surface area contributed by atoms with E-state index in [4.69, 9.17) is 0 Å². The maximum absolute atomic E-state index is 11.4. The van der Waals surface area contributed by atoms with Gasteiger partial charge in [-0.3, -0.25) is 4.79 Å². The fourth-order valence-electron chi connectivity index (χ4n) is 4.06. The summed E-state index contributed by atoms with van der Waals surface area (Å²) in [6, 6.07) is 10.1. The number of aryl methyl sites for hydroxylation is 1. The molecule has 2 rings (SSSR count). The lowest BCUT2D eigenvalue weighted by Gasteiger charge is -2.19. The van der Waals surface area contributed by atoms with Gasteiger partial charge in [0.2, 0.25) is 5.91 Å². The van der Waals surface area contributed by atoms with Gasteiger partial charge in [-0.2, -0.15) is 0 Å². The number of aliphatic hydroxyl groups is 3. The molecule has 1 aliphatic rings. The van der Waals surface area contributed by atoms with Gasteiger partial charge in [-0.15, -0.1) is 0 Å². The van der Waals surface area contributed by atoms with Gasteiger partial charge in [0.1, 0.15) is 0 Å². The van der Waals surface area contributed by atoms with Crippen LogP contribution in [-0.2, 0) is 11.2 Å². The Kier molecular flexibility index (Phi) is 10.8. The molecule has 1 saturated carbocycles. The highest BCUT2D eigenvalue weighted by Crippen LogP contribution is 2.36. The van der Waals surface area contributed by atoms with Gasteiger partial charge in [0.15, 0.2) is 0 Å². The summed E-state index contributed by atoms with van der Waals surface area (Å²) in [6.45, 7) is 2.57. The highest BCUT2D eigenvalue weighted by Gasteiger charge is 2.39. The van der Waals surface area contributed by atoms with Crippen LogP contribution in [0.15, 0.2) is 54.6 Å². The highest BCUT2D eigenvalue weighted by molar-refractivity contribution is 5.75. The molecule has 1 aromatic rings. The van der Waals surface area contributed by atoms with E-state index in [0.29, 0.717) is 32.2 Å². The van der Waals surface area contributed by atoms with Crippen molar-refractivity contribution in [1.82, 2.24) is 5.32 Å². The lowest BCUT2D eigenvalue weighted by molar-refractivity contribution is -0.121. The normalized spacial score (nSPS) is 25.2. The number of carbonyl (C=O) groups excluding carboxylic acids is 1. The zero-order valence-corrected chi connectivity index (χ0v) is 18.0. The van der Waals surface area contributed by atoms with Crippen LogP contribution in [0.2, 0.25) is 0 Å². The summed E-state index contributed by atoms with van der Waals surface area (Å²) < 4.78 is 0. The predicted molar refractivity (Wildman–Crippen MR) is 120 cm³/mol. The number of hydrogen-bond acceptors (Lipinski definition) is 4. The van der Waals surface area contributed by atoms with Gasteiger partial charge < -0.3 is 20.6 Å². The molecule has 0 saturated heterocycles. The molecule has 0 aromatic heterocycles. The van der Waals surface area contributed by atoms with E-state index in [1.807, 2.05) is 55.5 Å². The zero-order chi connectivity index (χ0) is 21.8. The van der Waals surface area contributed by atoms with Crippen molar-refractivity contribution in [2.45, 2.75) is 70.2 Å². The topological polar surface area (TPSA) is 89.8 Å². The summed E-state index contributed by atoms with van der Waals surface area (Å²) in [5, 5.41) is 33.8. The molecular formula is C25H37NO4. The van der Waals surface area contributed by atoms with E-state index in [2.05, 4.69) is 5.32 Å². The summed E-state index contributed by atoms with van der Waals surface area (Å²) in [7, 11) is 0. The molecule has 166 valence electrons. The number of rotatable bonds is 12. The maximum Gasteiger partial charge on any atom is 0.219 e. The van der Waals surface area contributed by atoms with Crippen LogP contribution in [0, 0.1) is 11.8 Å². The molecule has 5 heteroatoms. The van der Waals surface area contributed by atoms with E-state index >= 15 is 0 Å². The molecule has 1 unspecified atom stereocenters. The number of nitrogens with one attached hydrogen (secondary N) is 1. The minimum absolute atomic E-state index is 0.0581. The molecule has 0 radical (unpaired) electrons. The van der Waals surface area contributed by atoms with Gasteiger partial charge >= 0.3 is 0 Å². The molecule has 5 atom stereocenters. The Hall–Kier alpha value is -1.95. The Labute approximate surface area is 180 Å². The quantitative estimate of drug-likeness (QED) is 0.312. The number of allylic oxidation sites excluding steroid dienone is 2. The number of amides is 1. The Balaban J connectivity index is 1.78. The Morgan fingerprint density at radius 3 is 2.70 bits per heavy atom. The van der Waals surface area contributed by atoms with Crippen molar-refractivity contribution in [2.24, 2.45) is 11.8 Å². The lowest BCUT2D eigenvalue weighted by atomic mass is 9.89. The summed E-state index contributed by atoms with van der Waals surface area (Å²) in [5.41, 5.74) is 1.19. The van der Waals surface area contributed by atoms with Gasteiger partial charge in [0, 0.05) is 25.3 Å². The highest BCUT2D eigenvalue weighted by atomic mass is 16.3. The van der Waals surface area contributed by atoms with Crippen molar-refractivity contribution < 1.29 is 20.1 Å². The van der Waals surface area contributed by atoms with Crippen LogP contribution in [0.1, 0.15) is 51.0 Å². The van der Waals surface area contributed by atoms with E-state index in [1.54, 1.807) is 6.08 Å². The number of unbranched alkanes of at least 4 members (excludes halogenated alkanes) is 1. The van der Waals surface area contributed by atoms with Crippen LogP contribution in [-0.4, -0.2) is 46.1 Å². The molecule has 0 heterocycles. The van der Waals surface area contributed by atoms with Crippen molar-refractivity contribution in [1.29, 1.82) is 0 Å². The Bertz CT molecular complexity index is 673. The predicted octanol–water partition coefficient (Wildman–Crippen LogP) is 3.15. The minimum atomic E-state index is -0.589. The van der Waals surface area contributed by atoms with Crippen molar-refractivity contribution in [3.63, 3.8) is 0 Å². The Morgan fingerprint density at radius 1 is 1.20 bits per heavy atom. The van der Waals surface area contributed by atoms with Gasteiger partial charge in [-0.05, 0) is 50.5 Å². The molecular weight excluding hydrogens is 378 g/mol. The van der Waals surface area contributed by atoms with Crippen LogP contribution >= 0.6 is 0 Å². The summed E-state index contributed by atoms with van der Waals surface area (Å²) in [4.78, 5) is 11.4. The van der Waals surface area contributed by atoms with Crippen LogP contribution in [0.4, 0.5) is 0 Å². The van der Waals surface area contributed by atoms with Crippen molar-refractivity contribution in [3.8, 4) is 0 Å². The second-order valence-corrected chi connectivity index (χ2v) is 8.14. The molecule has 30 heavy (non-hydrogen) atoms. The third-order valence-electron chi connectivity index (χ3n) is 5.77. The average Bonchev–Trinajstić information content (AvgIpc) is 3.00. The monoisotopic (exact) mass is 415 g/mol. The van der Waals surface area contributed by atoms with Crippen LogP contribution < -0.4 is 5.32 Å². The molecule has 0 bridgehead atoms. The number of aliphatic hydroxyl groups excluding tert-OH is 3. The van der Waals surface area contributed by atoms with E-state index in [0.717, 1.165) is 19.3 Å². The molecule has 0 spiro atoms. The van der Waals surface area contributed by atoms with E-state index in [1.165, 1.54) is 5.56 Å². The first-order valence-corrected chi connectivity index (χ1v) is 11.2. The first-order chi connectivity index (χ1) is 14.5. The SMILES string of the molecule is CCNC(=O)CCC/C=C\C[C@H]1[C@@H](O)CC(O)[C@@H]1/C=C/[C@@H](O)CCc1ccccc1. The number of carbonyl (C=O) groups is 1. The van der Waals surface area contributed by atoms with E-state index < -0.39 is 18.3 Å². The second kappa shape index (κ2) is 13.4. The van der Waals surface area contributed by atoms with Gasteiger partial charge in [-0.1, -0.05) is 54.6 Å². The van der Waals surface area contributed by atoms with Crippen LogP contribution in [0.3, 0.4) is 0 Å². The third-order valence-corrected chi connectivity index (χ3v) is 5.77. The number of hydrogen-bond donors (Lipinski definition) is 4. The summed E-state index contributed by atoms with van der Waals surface area (Å²) in [6.07, 6.45) is 10.6. The molecule has 1 amide bonds. The van der Waals surface area contributed by atoms with Gasteiger partial charge in [0.25, 0.3) is 0 Å². The first-order valence-electron chi connectivity index (χ1n) is 11.2. The fourth-order valence-corrected chi connectivity index (χ4v) is 4.06. The van der Waals surface area contributed by atoms with Crippen molar-refractivity contribution >= 4 is 5.91 Å². The molecule has 0 aliphatic heterocycles. The van der Waals surface area contributed by atoms with E-state index in [-0.39, 0.29) is 17.7 Å². The first kappa shape index (κ1) is 24.3. The van der Waals surface area contributed by atoms with Gasteiger partial charge in [-0.25, -0.2) is 0 Å². The van der Waals surface area contributed by atoms with Crippen LogP contribution in [0.5, 0.6) is 0 Å².